The molecule has 0 saturated carbocycles. The van der Waals surface area contributed by atoms with Crippen molar-refractivity contribution < 1.29 is 18.4 Å². The van der Waals surface area contributed by atoms with Crippen molar-refractivity contribution in [3.8, 4) is 0 Å². The van der Waals surface area contributed by atoms with Crippen LogP contribution in [-0.4, -0.2) is 59.6 Å². The van der Waals surface area contributed by atoms with E-state index in [1.165, 1.54) is 0 Å². The summed E-state index contributed by atoms with van der Waals surface area (Å²) in [5.41, 5.74) is 0.578. The Morgan fingerprint density at radius 1 is 1.04 bits per heavy atom. The predicted molar refractivity (Wildman–Crippen MR) is 99.4 cm³/mol. The molecule has 1 atom stereocenters. The van der Waals surface area contributed by atoms with Crippen LogP contribution in [0, 0.1) is 5.92 Å². The van der Waals surface area contributed by atoms with Gasteiger partial charge in [-0.1, -0.05) is 25.6 Å². The Kier molecular flexibility index (Phi) is 7.40. The summed E-state index contributed by atoms with van der Waals surface area (Å²) in [6, 6.07) is 6.03. The van der Waals surface area contributed by atoms with Gasteiger partial charge in [-0.05, 0) is 31.2 Å². The summed E-state index contributed by atoms with van der Waals surface area (Å²) < 4.78 is 24.7. The number of rotatable bonds is 6. The normalized spacial score (nSPS) is 16.8. The minimum atomic E-state index is -2.46. The summed E-state index contributed by atoms with van der Waals surface area (Å²) in [5, 5.41) is 2.81. The van der Waals surface area contributed by atoms with Crippen LogP contribution in [0.5, 0.6) is 0 Å². The van der Waals surface area contributed by atoms with Gasteiger partial charge in [0.25, 0.3) is 5.76 Å². The maximum absolute atomic E-state index is 12.4. The molecule has 1 aromatic carbocycles. The third-order valence-corrected chi connectivity index (χ3v) is 5.12. The summed E-state index contributed by atoms with van der Waals surface area (Å²) in [6.45, 7) is 8.14. The highest BCUT2D eigenvalue weighted by Gasteiger charge is 2.28. The van der Waals surface area contributed by atoms with Gasteiger partial charge in [0.05, 0.1) is 6.04 Å². The lowest BCUT2D eigenvalue weighted by Crippen LogP contribution is -2.54. The molecule has 144 valence electrons. The quantitative estimate of drug-likeness (QED) is 0.765. The van der Waals surface area contributed by atoms with Gasteiger partial charge in [-0.25, -0.2) is 0 Å². The highest BCUT2D eigenvalue weighted by atomic mass is 32.2. The van der Waals surface area contributed by atoms with Crippen LogP contribution in [0.25, 0.3) is 0 Å². The Balaban J connectivity index is 1.85. The van der Waals surface area contributed by atoms with Crippen LogP contribution >= 0.6 is 11.8 Å². The van der Waals surface area contributed by atoms with Gasteiger partial charge in [0, 0.05) is 42.7 Å². The van der Waals surface area contributed by atoms with Crippen LogP contribution in [-0.2, 0) is 9.59 Å². The molecule has 8 heteroatoms. The largest absolute Gasteiger partial charge is 0.340 e. The molecule has 1 aromatic rings. The van der Waals surface area contributed by atoms with E-state index in [1.807, 2.05) is 30.6 Å². The van der Waals surface area contributed by atoms with Crippen molar-refractivity contribution in [2.24, 2.45) is 5.92 Å². The molecule has 0 aromatic heterocycles. The number of carbonyl (C=O) groups is 2. The lowest BCUT2D eigenvalue weighted by atomic mass is 10.1. The highest BCUT2D eigenvalue weighted by molar-refractivity contribution is 7.99. The number of hydrogen-bond donors (Lipinski definition) is 1. The molecule has 0 bridgehead atoms. The van der Waals surface area contributed by atoms with Crippen LogP contribution in [0.2, 0.25) is 0 Å². The lowest BCUT2D eigenvalue weighted by molar-refractivity contribution is -0.136. The summed E-state index contributed by atoms with van der Waals surface area (Å²) in [6.07, 6.45) is 0. The van der Waals surface area contributed by atoms with Gasteiger partial charge in [-0.2, -0.15) is 8.78 Å². The maximum Gasteiger partial charge on any atom is 0.288 e. The number of amides is 2. The molecule has 1 N–H and O–H groups in total. The average Bonchev–Trinajstić information content (AvgIpc) is 2.61. The fourth-order valence-electron chi connectivity index (χ4n) is 2.83. The molecule has 2 amide bonds. The molecule has 0 radical (unpaired) electrons. The minimum Gasteiger partial charge on any atom is -0.340 e. The van der Waals surface area contributed by atoms with Crippen molar-refractivity contribution in [2.75, 3.05) is 31.5 Å². The highest BCUT2D eigenvalue weighted by Crippen LogP contribution is 2.26. The number of anilines is 1. The number of thioether (sulfide) groups is 1. The Morgan fingerprint density at radius 3 is 2.12 bits per heavy atom. The number of halogens is 2. The molecule has 5 nitrogen and oxygen atoms in total. The predicted octanol–water partition coefficient (Wildman–Crippen LogP) is 3.13. The van der Waals surface area contributed by atoms with Gasteiger partial charge in [0.15, 0.2) is 0 Å². The zero-order chi connectivity index (χ0) is 19.3. The fourth-order valence-corrected chi connectivity index (χ4v) is 3.33. The Bertz CT molecular complexity index is 617. The molecule has 1 heterocycles. The summed E-state index contributed by atoms with van der Waals surface area (Å²) in [7, 11) is 0. The number of piperazine rings is 1. The van der Waals surface area contributed by atoms with Crippen LogP contribution < -0.4 is 5.32 Å². The van der Waals surface area contributed by atoms with Gasteiger partial charge in [-0.3, -0.25) is 14.5 Å². The maximum atomic E-state index is 12.4. The van der Waals surface area contributed by atoms with Crippen molar-refractivity contribution in [3.63, 3.8) is 0 Å². The molecule has 1 aliphatic rings. The van der Waals surface area contributed by atoms with Crippen molar-refractivity contribution >= 4 is 29.3 Å². The van der Waals surface area contributed by atoms with Crippen LogP contribution in [0.4, 0.5) is 14.5 Å². The van der Waals surface area contributed by atoms with E-state index in [2.05, 4.69) is 5.32 Å². The van der Waals surface area contributed by atoms with Gasteiger partial charge < -0.3 is 10.2 Å². The van der Waals surface area contributed by atoms with E-state index in [0.29, 0.717) is 48.5 Å². The second-order valence-corrected chi connectivity index (χ2v) is 7.65. The first-order valence-corrected chi connectivity index (χ1v) is 9.54. The third-order valence-electron chi connectivity index (χ3n) is 4.39. The van der Waals surface area contributed by atoms with Crippen LogP contribution in [0.1, 0.15) is 20.8 Å². The number of nitrogens with one attached hydrogen (secondary N) is 1. The first-order chi connectivity index (χ1) is 12.3. The van der Waals surface area contributed by atoms with Crippen LogP contribution in [0.15, 0.2) is 29.2 Å². The van der Waals surface area contributed by atoms with Gasteiger partial charge in [0.1, 0.15) is 0 Å². The molecular formula is C18H25F2N3O2S. The molecule has 2 rings (SSSR count). The number of carbonyl (C=O) groups excluding carboxylic acids is 2. The smallest absolute Gasteiger partial charge is 0.288 e. The summed E-state index contributed by atoms with van der Waals surface area (Å²) >= 11 is 0.473. The first kappa shape index (κ1) is 20.6. The molecule has 0 spiro atoms. The fraction of sp³-hybridized carbons (Fsp3) is 0.556. The third kappa shape index (κ3) is 5.67. The zero-order valence-electron chi connectivity index (χ0n) is 15.2. The topological polar surface area (TPSA) is 52.7 Å². The number of alkyl halides is 2. The Morgan fingerprint density at radius 2 is 1.62 bits per heavy atom. The van der Waals surface area contributed by atoms with E-state index in [4.69, 9.17) is 0 Å². The Hall–Kier alpha value is -1.67. The summed E-state index contributed by atoms with van der Waals surface area (Å²) in [4.78, 5) is 28.8. The Labute approximate surface area is 157 Å². The molecular weight excluding hydrogens is 360 g/mol. The summed E-state index contributed by atoms with van der Waals surface area (Å²) in [5.74, 6) is -2.49. The van der Waals surface area contributed by atoms with E-state index in [0.717, 1.165) is 0 Å². The average molecular weight is 385 g/mol. The van der Waals surface area contributed by atoms with E-state index in [9.17, 15) is 18.4 Å². The molecule has 1 fully saturated rings. The van der Waals surface area contributed by atoms with E-state index >= 15 is 0 Å². The second kappa shape index (κ2) is 9.32. The zero-order valence-corrected chi connectivity index (χ0v) is 16.1. The van der Waals surface area contributed by atoms with Gasteiger partial charge >= 0.3 is 0 Å². The standard InChI is InChI=1S/C18H25F2N3O2S/c1-12(2)17(25)23-10-8-22(9-11-23)13(3)16(24)21-14-4-6-15(7-5-14)26-18(19)20/h4-7,12-13,18H,8-11H2,1-3H3,(H,21,24)/t13-/m0/s1. The van der Waals surface area contributed by atoms with Crippen LogP contribution in [0.3, 0.4) is 0 Å². The first-order valence-electron chi connectivity index (χ1n) is 8.66. The lowest BCUT2D eigenvalue weighted by Gasteiger charge is -2.38. The molecule has 26 heavy (non-hydrogen) atoms. The van der Waals surface area contributed by atoms with E-state index in [-0.39, 0.29) is 23.8 Å². The number of benzene rings is 1. The molecule has 0 aliphatic carbocycles. The second-order valence-electron chi connectivity index (χ2n) is 6.58. The minimum absolute atomic E-state index is 0.0199. The molecule has 0 unspecified atom stereocenters. The van der Waals surface area contributed by atoms with Gasteiger partial charge in [-0.15, -0.1) is 0 Å². The van der Waals surface area contributed by atoms with E-state index < -0.39 is 5.76 Å². The van der Waals surface area contributed by atoms with Crippen molar-refractivity contribution in [2.45, 2.75) is 37.5 Å². The SMILES string of the molecule is CC(C)C(=O)N1CCN([C@@H](C)C(=O)Nc2ccc(SC(F)F)cc2)CC1. The van der Waals surface area contributed by atoms with Crippen molar-refractivity contribution in [1.29, 1.82) is 0 Å². The monoisotopic (exact) mass is 385 g/mol. The van der Waals surface area contributed by atoms with Gasteiger partial charge in [0.2, 0.25) is 11.8 Å². The van der Waals surface area contributed by atoms with Crippen molar-refractivity contribution in [1.82, 2.24) is 9.80 Å². The molecule has 1 saturated heterocycles. The van der Waals surface area contributed by atoms with Crippen molar-refractivity contribution in [3.05, 3.63) is 24.3 Å². The number of nitrogens with zero attached hydrogens (tertiary/aromatic N) is 2. The van der Waals surface area contributed by atoms with E-state index in [1.54, 1.807) is 24.3 Å². The number of hydrogen-bond acceptors (Lipinski definition) is 4. The molecule has 1 aliphatic heterocycles.